The zero-order valence-electron chi connectivity index (χ0n) is 17.3. The van der Waals surface area contributed by atoms with E-state index in [1.54, 1.807) is 29.0 Å². The topological polar surface area (TPSA) is 80.7 Å². The fourth-order valence-corrected chi connectivity index (χ4v) is 7.10. The lowest BCUT2D eigenvalue weighted by Crippen LogP contribution is -2.14. The molecule has 0 atom stereocenters. The third-order valence-corrected chi connectivity index (χ3v) is 8.88. The van der Waals surface area contributed by atoms with Gasteiger partial charge in [0.1, 0.15) is 16.2 Å². The molecule has 6 rings (SSSR count). The van der Waals surface area contributed by atoms with Crippen LogP contribution in [-0.4, -0.2) is 31.6 Å². The lowest BCUT2D eigenvalue weighted by atomic mass is 10.0. The number of thiophene rings is 1. The summed E-state index contributed by atoms with van der Waals surface area (Å²) in [5, 5.41) is 6.62. The Morgan fingerprint density at radius 1 is 1.12 bits per heavy atom. The Morgan fingerprint density at radius 2 is 2.03 bits per heavy atom. The Labute approximate surface area is 196 Å². The first-order valence-electron chi connectivity index (χ1n) is 10.5. The maximum atomic E-state index is 12.6. The molecule has 1 N–H and O–H groups in total. The number of rotatable bonds is 4. The van der Waals surface area contributed by atoms with Gasteiger partial charge in [-0.1, -0.05) is 23.9 Å². The summed E-state index contributed by atoms with van der Waals surface area (Å²) in [6, 6.07) is 8.44. The number of fused-ring (bicyclic) bond motifs is 5. The average Bonchev–Trinajstić information content (AvgIpc) is 3.36. The van der Waals surface area contributed by atoms with Crippen LogP contribution in [0.1, 0.15) is 29.0 Å². The highest BCUT2D eigenvalue weighted by Gasteiger charge is 2.18. The number of aromatic nitrogens is 4. The number of amides is 1. The fourth-order valence-electron chi connectivity index (χ4n) is 4.04. The van der Waals surface area contributed by atoms with Crippen molar-refractivity contribution in [3.8, 4) is 0 Å². The molecule has 1 aliphatic rings. The van der Waals surface area contributed by atoms with E-state index in [1.807, 2.05) is 0 Å². The average molecular weight is 478 g/mol. The number of aryl methyl sites for hydroxylation is 3. The molecule has 1 amide bonds. The third kappa shape index (κ3) is 3.64. The Bertz CT molecular complexity index is 1480. The van der Waals surface area contributed by atoms with Crippen LogP contribution in [0.25, 0.3) is 31.3 Å². The highest BCUT2D eigenvalue weighted by atomic mass is 32.2. The van der Waals surface area contributed by atoms with Gasteiger partial charge in [0.05, 0.1) is 27.2 Å². The van der Waals surface area contributed by atoms with Gasteiger partial charge in [-0.3, -0.25) is 4.79 Å². The smallest absolute Gasteiger partial charge is 0.236 e. The van der Waals surface area contributed by atoms with Crippen LogP contribution in [0.4, 0.5) is 5.13 Å². The largest absolute Gasteiger partial charge is 0.301 e. The lowest BCUT2D eigenvalue weighted by molar-refractivity contribution is -0.113. The number of nitrogens with one attached hydrogen (secondary N) is 1. The number of benzene rings is 1. The van der Waals surface area contributed by atoms with E-state index in [4.69, 9.17) is 4.98 Å². The summed E-state index contributed by atoms with van der Waals surface area (Å²) in [6.45, 7) is 2.07. The zero-order chi connectivity index (χ0) is 21.7. The van der Waals surface area contributed by atoms with E-state index in [2.05, 4.69) is 51.5 Å². The number of hydrogen-bond acceptors (Lipinski definition) is 8. The van der Waals surface area contributed by atoms with Crippen molar-refractivity contribution in [1.29, 1.82) is 0 Å². The molecule has 4 heterocycles. The number of carbonyl (C=O) groups is 1. The molecule has 0 radical (unpaired) electrons. The molecular formula is C23H19N5OS3. The van der Waals surface area contributed by atoms with Gasteiger partial charge in [0, 0.05) is 15.6 Å². The summed E-state index contributed by atoms with van der Waals surface area (Å²) in [4.78, 5) is 33.3. The Balaban J connectivity index is 1.26. The second-order valence-electron chi connectivity index (χ2n) is 7.93. The van der Waals surface area contributed by atoms with Crippen LogP contribution in [0, 0.1) is 6.92 Å². The molecule has 1 aromatic carbocycles. The summed E-state index contributed by atoms with van der Waals surface area (Å²) in [6.07, 6.45) is 6.06. The second kappa shape index (κ2) is 8.06. The molecule has 0 fully saturated rings. The molecule has 5 aromatic rings. The maximum Gasteiger partial charge on any atom is 0.236 e. The van der Waals surface area contributed by atoms with Crippen molar-refractivity contribution < 1.29 is 4.79 Å². The van der Waals surface area contributed by atoms with Gasteiger partial charge in [-0.15, -0.1) is 22.7 Å². The molecule has 0 spiro atoms. The van der Waals surface area contributed by atoms with Gasteiger partial charge in [0.15, 0.2) is 5.13 Å². The van der Waals surface area contributed by atoms with Gasteiger partial charge >= 0.3 is 0 Å². The number of thioether (sulfide) groups is 1. The van der Waals surface area contributed by atoms with Gasteiger partial charge in [0.2, 0.25) is 5.91 Å². The normalized spacial score (nSPS) is 13.7. The van der Waals surface area contributed by atoms with Crippen molar-refractivity contribution in [2.24, 2.45) is 0 Å². The first-order valence-corrected chi connectivity index (χ1v) is 13.1. The van der Waals surface area contributed by atoms with Crippen LogP contribution in [0.5, 0.6) is 0 Å². The summed E-state index contributed by atoms with van der Waals surface area (Å²) < 4.78 is 0.976. The van der Waals surface area contributed by atoms with Crippen molar-refractivity contribution in [1.82, 2.24) is 19.9 Å². The van der Waals surface area contributed by atoms with E-state index in [0.717, 1.165) is 54.9 Å². The molecule has 0 bridgehead atoms. The van der Waals surface area contributed by atoms with Crippen molar-refractivity contribution in [2.75, 3.05) is 11.1 Å². The van der Waals surface area contributed by atoms with Gasteiger partial charge in [0.25, 0.3) is 0 Å². The minimum atomic E-state index is -0.0618. The Hall–Kier alpha value is -2.62. The molecule has 0 unspecified atom stereocenters. The van der Waals surface area contributed by atoms with E-state index in [9.17, 15) is 4.79 Å². The Morgan fingerprint density at radius 3 is 2.94 bits per heavy atom. The number of pyridine rings is 1. The van der Waals surface area contributed by atoms with Crippen LogP contribution in [0.2, 0.25) is 0 Å². The molecule has 6 nitrogen and oxygen atoms in total. The van der Waals surface area contributed by atoms with Crippen LogP contribution in [-0.2, 0) is 17.6 Å². The van der Waals surface area contributed by atoms with Gasteiger partial charge in [-0.25, -0.2) is 19.9 Å². The summed E-state index contributed by atoms with van der Waals surface area (Å²) >= 11 is 4.62. The van der Waals surface area contributed by atoms with Crippen LogP contribution in [0.15, 0.2) is 35.6 Å². The number of carbonyl (C=O) groups excluding carboxylic acids is 1. The predicted octanol–water partition coefficient (Wildman–Crippen LogP) is 5.77. The third-order valence-electron chi connectivity index (χ3n) is 5.60. The molecule has 0 aliphatic heterocycles. The maximum absolute atomic E-state index is 12.6. The van der Waals surface area contributed by atoms with Gasteiger partial charge in [-0.2, -0.15) is 0 Å². The zero-order valence-corrected chi connectivity index (χ0v) is 19.8. The van der Waals surface area contributed by atoms with Crippen LogP contribution < -0.4 is 5.32 Å². The van der Waals surface area contributed by atoms with Crippen molar-refractivity contribution in [2.45, 2.75) is 37.6 Å². The quantitative estimate of drug-likeness (QED) is 0.262. The molecule has 1 aliphatic carbocycles. The highest BCUT2D eigenvalue weighted by molar-refractivity contribution is 8.00. The molecular weight excluding hydrogens is 458 g/mol. The highest BCUT2D eigenvalue weighted by Crippen LogP contribution is 2.38. The minimum absolute atomic E-state index is 0.0618. The van der Waals surface area contributed by atoms with Crippen molar-refractivity contribution >= 4 is 76.8 Å². The number of hydrogen-bond donors (Lipinski definition) is 1. The summed E-state index contributed by atoms with van der Waals surface area (Å²) in [7, 11) is 0. The summed E-state index contributed by atoms with van der Waals surface area (Å²) in [5.74, 6) is 0.215. The van der Waals surface area contributed by atoms with E-state index in [0.29, 0.717) is 5.13 Å². The molecule has 32 heavy (non-hydrogen) atoms. The van der Waals surface area contributed by atoms with E-state index < -0.39 is 0 Å². The monoisotopic (exact) mass is 477 g/mol. The molecule has 160 valence electrons. The van der Waals surface area contributed by atoms with Crippen LogP contribution >= 0.6 is 34.4 Å². The van der Waals surface area contributed by atoms with E-state index in [1.165, 1.54) is 35.0 Å². The predicted molar refractivity (Wildman–Crippen MR) is 133 cm³/mol. The molecule has 9 heteroatoms. The van der Waals surface area contributed by atoms with E-state index >= 15 is 0 Å². The molecule has 0 saturated carbocycles. The van der Waals surface area contributed by atoms with E-state index in [-0.39, 0.29) is 11.7 Å². The Kier molecular flexibility index (Phi) is 5.04. The molecule has 0 saturated heterocycles. The number of thiazole rings is 1. The first-order chi connectivity index (χ1) is 15.6. The fraction of sp³-hybridized carbons (Fsp3) is 0.261. The minimum Gasteiger partial charge on any atom is -0.301 e. The van der Waals surface area contributed by atoms with Gasteiger partial charge in [-0.05, 0) is 50.3 Å². The second-order valence-corrected chi connectivity index (χ2v) is 11.0. The summed E-state index contributed by atoms with van der Waals surface area (Å²) in [5.41, 5.74) is 4.22. The first kappa shape index (κ1) is 20.0. The SMILES string of the molecule is Cc1ccc2cc3c(nc2c1)sc1c(SCC(=O)Nc2nc4c(s2)CCCC4)ncnc13. The number of anilines is 1. The number of nitrogens with zero attached hydrogens (tertiary/aromatic N) is 4. The molecule has 4 aromatic heterocycles. The van der Waals surface area contributed by atoms with Crippen molar-refractivity contribution in [3.63, 3.8) is 0 Å². The standard InChI is InChI=1S/C23H19N5OS3/c1-12-6-7-13-9-14-19-20(32-21(14)26-16(13)8-12)22(25-11-24-19)30-10-18(29)28-23-27-15-4-2-3-5-17(15)31-23/h6-9,11H,2-5,10H2,1H3,(H,27,28,29). The van der Waals surface area contributed by atoms with Crippen molar-refractivity contribution in [3.05, 3.63) is 46.7 Å². The van der Waals surface area contributed by atoms with Crippen LogP contribution in [0.3, 0.4) is 0 Å². The lowest BCUT2D eigenvalue weighted by Gasteiger charge is -2.06. The van der Waals surface area contributed by atoms with Gasteiger partial charge < -0.3 is 5.32 Å².